The second kappa shape index (κ2) is 10.8. The maximum absolute atomic E-state index is 12.8. The highest BCUT2D eigenvalue weighted by Gasteiger charge is 2.20. The molecule has 0 spiro atoms. The SMILES string of the molecule is CC(C)N=C/C(=C\N)c1ccc2c(c1)c(NC(=O)Nc1ccc(Cl)cc1)cn2C1CCNCC1. The van der Waals surface area contributed by atoms with Crippen molar-refractivity contribution < 1.29 is 4.79 Å². The van der Waals surface area contributed by atoms with Gasteiger partial charge in [-0.2, -0.15) is 0 Å². The molecule has 178 valence electrons. The molecule has 1 aliphatic heterocycles. The number of aliphatic imine (C=N–C) groups is 1. The Morgan fingerprint density at radius 2 is 1.91 bits per heavy atom. The van der Waals surface area contributed by atoms with Crippen molar-refractivity contribution in [2.24, 2.45) is 10.7 Å². The highest BCUT2D eigenvalue weighted by molar-refractivity contribution is 6.30. The second-order valence-electron chi connectivity index (χ2n) is 8.74. The number of halogens is 1. The lowest BCUT2D eigenvalue weighted by Crippen LogP contribution is -2.29. The van der Waals surface area contributed by atoms with Gasteiger partial charge in [-0.25, -0.2) is 4.79 Å². The summed E-state index contributed by atoms with van der Waals surface area (Å²) in [6.45, 7) is 6.00. The summed E-state index contributed by atoms with van der Waals surface area (Å²) in [5.74, 6) is 0. The van der Waals surface area contributed by atoms with Gasteiger partial charge in [-0.3, -0.25) is 4.99 Å². The van der Waals surface area contributed by atoms with Gasteiger partial charge in [0, 0.05) is 52.4 Å². The number of allylic oxidation sites excluding steroid dienone is 1. The number of fused-ring (bicyclic) bond motifs is 1. The monoisotopic (exact) mass is 478 g/mol. The smallest absolute Gasteiger partial charge is 0.323 e. The largest absolute Gasteiger partial charge is 0.404 e. The number of benzene rings is 2. The maximum Gasteiger partial charge on any atom is 0.323 e. The summed E-state index contributed by atoms with van der Waals surface area (Å²) in [6, 6.07) is 13.5. The molecule has 34 heavy (non-hydrogen) atoms. The van der Waals surface area contributed by atoms with Crippen molar-refractivity contribution in [2.45, 2.75) is 38.8 Å². The summed E-state index contributed by atoms with van der Waals surface area (Å²) < 4.78 is 2.28. The minimum Gasteiger partial charge on any atom is -0.404 e. The zero-order chi connectivity index (χ0) is 24.1. The number of nitrogens with one attached hydrogen (secondary N) is 3. The first-order chi connectivity index (χ1) is 16.4. The molecule has 0 saturated carbocycles. The van der Waals surface area contributed by atoms with E-state index >= 15 is 0 Å². The third-order valence-corrected chi connectivity index (χ3v) is 6.16. The molecule has 0 bridgehead atoms. The molecule has 7 nitrogen and oxygen atoms in total. The Hall–Kier alpha value is -3.29. The lowest BCUT2D eigenvalue weighted by atomic mass is 10.0. The zero-order valence-corrected chi connectivity index (χ0v) is 20.3. The summed E-state index contributed by atoms with van der Waals surface area (Å²) in [6.07, 6.45) is 7.49. The quantitative estimate of drug-likeness (QED) is 0.345. The fourth-order valence-electron chi connectivity index (χ4n) is 4.18. The molecule has 0 unspecified atom stereocenters. The van der Waals surface area contributed by atoms with Crippen LogP contribution >= 0.6 is 11.6 Å². The lowest BCUT2D eigenvalue weighted by Gasteiger charge is -2.25. The fraction of sp³-hybridized carbons (Fsp3) is 0.308. The van der Waals surface area contributed by atoms with Crippen molar-refractivity contribution in [3.05, 3.63) is 65.4 Å². The average Bonchev–Trinajstić information content (AvgIpc) is 3.19. The highest BCUT2D eigenvalue weighted by Crippen LogP contribution is 2.34. The van der Waals surface area contributed by atoms with Crippen LogP contribution in [0.25, 0.3) is 16.5 Å². The average molecular weight is 479 g/mol. The minimum atomic E-state index is -0.312. The number of hydrogen-bond acceptors (Lipinski definition) is 4. The first-order valence-electron chi connectivity index (χ1n) is 11.6. The van der Waals surface area contributed by atoms with Gasteiger partial charge < -0.3 is 26.3 Å². The first-order valence-corrected chi connectivity index (χ1v) is 12.0. The molecule has 2 amide bonds. The Morgan fingerprint density at radius 1 is 1.18 bits per heavy atom. The molecule has 3 aromatic rings. The van der Waals surface area contributed by atoms with E-state index in [1.165, 1.54) is 0 Å². The predicted molar refractivity (Wildman–Crippen MR) is 143 cm³/mol. The van der Waals surface area contributed by atoms with Gasteiger partial charge in [0.15, 0.2) is 0 Å². The number of aromatic nitrogens is 1. The van der Waals surface area contributed by atoms with Crippen molar-refractivity contribution in [3.63, 3.8) is 0 Å². The third-order valence-electron chi connectivity index (χ3n) is 5.91. The minimum absolute atomic E-state index is 0.175. The van der Waals surface area contributed by atoms with Crippen molar-refractivity contribution in [1.29, 1.82) is 0 Å². The molecule has 4 rings (SSSR count). The number of nitrogens with zero attached hydrogens (tertiary/aromatic N) is 2. The summed E-state index contributed by atoms with van der Waals surface area (Å²) in [4.78, 5) is 17.3. The number of carbonyl (C=O) groups is 1. The van der Waals surface area contributed by atoms with Gasteiger partial charge in [-0.15, -0.1) is 0 Å². The van der Waals surface area contributed by atoms with Gasteiger partial charge >= 0.3 is 6.03 Å². The highest BCUT2D eigenvalue weighted by atomic mass is 35.5. The zero-order valence-electron chi connectivity index (χ0n) is 19.5. The summed E-state index contributed by atoms with van der Waals surface area (Å²) in [7, 11) is 0. The summed E-state index contributed by atoms with van der Waals surface area (Å²) >= 11 is 5.95. The summed E-state index contributed by atoms with van der Waals surface area (Å²) in [5.41, 5.74) is 10.2. The molecule has 1 aromatic heterocycles. The molecule has 8 heteroatoms. The van der Waals surface area contributed by atoms with Gasteiger partial charge in [0.1, 0.15) is 0 Å². The maximum atomic E-state index is 12.8. The topological polar surface area (TPSA) is 96.5 Å². The molecule has 2 aromatic carbocycles. The molecule has 0 aliphatic carbocycles. The van der Waals surface area contributed by atoms with Crippen LogP contribution in [0.1, 0.15) is 38.3 Å². The van der Waals surface area contributed by atoms with Crippen LogP contribution in [-0.2, 0) is 0 Å². The molecule has 5 N–H and O–H groups in total. The van der Waals surface area contributed by atoms with E-state index in [1.807, 2.05) is 20.0 Å². The Kier molecular flexibility index (Phi) is 7.55. The molecule has 2 heterocycles. The van der Waals surface area contributed by atoms with Gasteiger partial charge in [-0.05, 0) is 81.7 Å². The molecule has 0 radical (unpaired) electrons. The Balaban J connectivity index is 1.69. The van der Waals surface area contributed by atoms with E-state index in [0.717, 1.165) is 53.7 Å². The molecular formula is C26H31ClN6O. The predicted octanol–water partition coefficient (Wildman–Crippen LogP) is 5.64. The number of rotatable bonds is 6. The van der Waals surface area contributed by atoms with Crippen molar-refractivity contribution in [1.82, 2.24) is 9.88 Å². The van der Waals surface area contributed by atoms with E-state index < -0.39 is 0 Å². The van der Waals surface area contributed by atoms with Crippen molar-refractivity contribution in [2.75, 3.05) is 23.7 Å². The molecule has 1 saturated heterocycles. The Morgan fingerprint density at radius 3 is 2.59 bits per heavy atom. The van der Waals surface area contributed by atoms with E-state index in [-0.39, 0.29) is 12.1 Å². The van der Waals surface area contributed by atoms with Crippen LogP contribution < -0.4 is 21.7 Å². The molecule has 0 atom stereocenters. The summed E-state index contributed by atoms with van der Waals surface area (Å²) in [5, 5.41) is 10.9. The Labute approximate surface area is 205 Å². The van der Waals surface area contributed by atoms with Gasteiger partial charge in [0.05, 0.1) is 11.2 Å². The fourth-order valence-corrected chi connectivity index (χ4v) is 4.31. The van der Waals surface area contributed by atoms with Crippen LogP contribution in [0.15, 0.2) is 59.9 Å². The normalized spacial score (nSPS) is 15.4. The van der Waals surface area contributed by atoms with E-state index in [4.69, 9.17) is 17.3 Å². The lowest BCUT2D eigenvalue weighted by molar-refractivity contribution is 0.262. The number of hydrogen-bond donors (Lipinski definition) is 4. The number of nitrogens with two attached hydrogens (primary N) is 1. The van der Waals surface area contributed by atoms with Crippen molar-refractivity contribution in [3.8, 4) is 0 Å². The van der Waals surface area contributed by atoms with E-state index in [0.29, 0.717) is 16.8 Å². The van der Waals surface area contributed by atoms with E-state index in [1.54, 1.807) is 36.7 Å². The number of piperidine rings is 1. The van der Waals surface area contributed by atoms with Crippen LogP contribution in [0.2, 0.25) is 5.02 Å². The molecule has 1 aliphatic rings. The second-order valence-corrected chi connectivity index (χ2v) is 9.18. The first kappa shape index (κ1) is 23.9. The standard InChI is InChI=1S/C26H31ClN6O/c1-17(2)30-15-19(14-28)18-3-8-25-23(13-18)24(16-33(25)22-9-11-29-12-10-22)32-26(34)31-21-6-4-20(27)5-7-21/h3-8,13-17,22,29H,9-12,28H2,1-2H3,(H2,31,32,34)/b19-14+,30-15?. The van der Waals surface area contributed by atoms with Crippen molar-refractivity contribution >= 4 is 51.7 Å². The van der Waals surface area contributed by atoms with Gasteiger partial charge in [-0.1, -0.05) is 17.7 Å². The van der Waals surface area contributed by atoms with Crippen LogP contribution in [0.4, 0.5) is 16.2 Å². The number of anilines is 2. The Bertz CT molecular complexity index is 1210. The van der Waals surface area contributed by atoms with Gasteiger partial charge in [0.25, 0.3) is 0 Å². The number of amides is 2. The van der Waals surface area contributed by atoms with Gasteiger partial charge in [0.2, 0.25) is 0 Å². The van der Waals surface area contributed by atoms with Crippen LogP contribution in [0.5, 0.6) is 0 Å². The van der Waals surface area contributed by atoms with Crippen LogP contribution in [0, 0.1) is 0 Å². The van der Waals surface area contributed by atoms with E-state index in [2.05, 4.69) is 43.7 Å². The number of carbonyl (C=O) groups excluding carboxylic acids is 1. The van der Waals surface area contributed by atoms with Crippen LogP contribution in [-0.4, -0.2) is 35.9 Å². The third kappa shape index (κ3) is 5.61. The number of urea groups is 1. The molecule has 1 fully saturated rings. The van der Waals surface area contributed by atoms with Crippen LogP contribution in [0.3, 0.4) is 0 Å². The molecular weight excluding hydrogens is 448 g/mol. The van der Waals surface area contributed by atoms with E-state index in [9.17, 15) is 4.79 Å².